The van der Waals surface area contributed by atoms with Crippen LogP contribution in [0.4, 0.5) is 0 Å². The Kier molecular flexibility index (Phi) is 11.5. The van der Waals surface area contributed by atoms with Crippen molar-refractivity contribution >= 4 is 43.1 Å². The fourth-order valence-electron chi connectivity index (χ4n) is 1.66. The van der Waals surface area contributed by atoms with Crippen molar-refractivity contribution in [2.24, 2.45) is 22.6 Å². The highest BCUT2D eigenvalue weighted by molar-refractivity contribution is 7.59. The Labute approximate surface area is 148 Å². The van der Waals surface area contributed by atoms with Gasteiger partial charge in [0.15, 0.2) is 0 Å². The zero-order valence-electron chi connectivity index (χ0n) is 14.4. The van der Waals surface area contributed by atoms with Crippen LogP contribution in [0.15, 0.2) is 4.99 Å². The third kappa shape index (κ3) is 9.82. The van der Waals surface area contributed by atoms with Gasteiger partial charge in [-0.25, -0.2) is 0 Å². The van der Waals surface area contributed by atoms with E-state index < -0.39 is 17.8 Å². The van der Waals surface area contributed by atoms with Crippen molar-refractivity contribution in [3.05, 3.63) is 0 Å². The first kappa shape index (κ1) is 24.2. The second-order valence-corrected chi connectivity index (χ2v) is 5.69. The van der Waals surface area contributed by atoms with E-state index in [-0.39, 0.29) is 56.4 Å². The number of nitrogens with two attached hydrogens (primary N) is 1. The van der Waals surface area contributed by atoms with Gasteiger partial charge in [-0.15, -0.1) is 0 Å². The van der Waals surface area contributed by atoms with Crippen LogP contribution in [0.3, 0.4) is 0 Å². The molecule has 5 N–H and O–H groups in total. The summed E-state index contributed by atoms with van der Waals surface area (Å²) in [7, 11) is 3.21. The molecule has 10 heteroatoms. The van der Waals surface area contributed by atoms with Crippen molar-refractivity contribution in [1.82, 2.24) is 10.2 Å². The van der Waals surface area contributed by atoms with Crippen LogP contribution < -0.4 is 11.1 Å². The number of carboxylic acid groups (broad SMARTS) is 1. The van der Waals surface area contributed by atoms with E-state index in [9.17, 15) is 14.4 Å². The summed E-state index contributed by atoms with van der Waals surface area (Å²) in [6.45, 7) is 3.46. The smallest absolute Gasteiger partial charge is 0.307 e. The number of hydrogen-bond acceptors (Lipinski definition) is 4. The maximum absolute atomic E-state index is 11.8. The molecule has 0 bridgehead atoms. The molecular weight excluding hydrogens is 334 g/mol. The molecule has 0 saturated carbocycles. The summed E-state index contributed by atoms with van der Waals surface area (Å²) in [5.41, 5.74) is 5.47. The summed E-state index contributed by atoms with van der Waals surface area (Å²) in [5.74, 6) is -3.09. The van der Waals surface area contributed by atoms with Crippen LogP contribution in [-0.4, -0.2) is 53.7 Å². The van der Waals surface area contributed by atoms with Crippen LogP contribution in [0, 0.1) is 17.2 Å². The van der Waals surface area contributed by atoms with Gasteiger partial charge in [-0.05, 0) is 5.92 Å². The van der Waals surface area contributed by atoms with Crippen LogP contribution >= 0.6 is 13.5 Å². The average molecular weight is 361 g/mol. The largest absolute Gasteiger partial charge is 0.481 e. The number of aliphatic imine (C=N–C) groups is 1. The standard InChI is InChI=1S/C14H25N5O4.H2S/c1-8(2)10(12(22)23)7-9(20)5-6-11(21)17-13(15)18-14(16)19(3)4;/h8,10H,5-7H2,1-4H3,(H,22,23)(H4,15,16,17,18,21);1H2/t10-;/m0./s1. The maximum atomic E-state index is 11.8. The molecule has 0 aliphatic heterocycles. The molecule has 0 unspecified atom stereocenters. The molecule has 1 amide bonds. The molecule has 138 valence electrons. The minimum Gasteiger partial charge on any atom is -0.481 e. The van der Waals surface area contributed by atoms with Crippen LogP contribution in [0.1, 0.15) is 33.1 Å². The van der Waals surface area contributed by atoms with E-state index in [0.29, 0.717) is 0 Å². The highest BCUT2D eigenvalue weighted by Gasteiger charge is 2.24. The van der Waals surface area contributed by atoms with Gasteiger partial charge >= 0.3 is 5.97 Å². The van der Waals surface area contributed by atoms with Crippen molar-refractivity contribution in [1.29, 1.82) is 5.41 Å². The van der Waals surface area contributed by atoms with Crippen molar-refractivity contribution in [2.45, 2.75) is 33.1 Å². The summed E-state index contributed by atoms with van der Waals surface area (Å²) in [6, 6.07) is 0. The van der Waals surface area contributed by atoms with Gasteiger partial charge in [0, 0.05) is 33.4 Å². The van der Waals surface area contributed by atoms with E-state index in [1.165, 1.54) is 4.90 Å². The monoisotopic (exact) mass is 361 g/mol. The number of Topliss-reactive ketones (excluding diaryl/α,β-unsaturated/α-hetero) is 1. The summed E-state index contributed by atoms with van der Waals surface area (Å²) >= 11 is 0. The minimum absolute atomic E-state index is 0. The number of aliphatic carboxylic acids is 1. The molecule has 1 atom stereocenters. The maximum Gasteiger partial charge on any atom is 0.307 e. The summed E-state index contributed by atoms with van der Waals surface area (Å²) in [4.78, 5) is 39.5. The van der Waals surface area contributed by atoms with Crippen molar-refractivity contribution < 1.29 is 19.5 Å². The fourth-order valence-corrected chi connectivity index (χ4v) is 1.66. The molecule has 0 aliphatic rings. The molecule has 24 heavy (non-hydrogen) atoms. The Morgan fingerprint density at radius 1 is 1.25 bits per heavy atom. The van der Waals surface area contributed by atoms with Crippen LogP contribution in [-0.2, 0) is 14.4 Å². The molecule has 0 rings (SSSR count). The number of carbonyl (C=O) groups is 3. The molecule has 9 nitrogen and oxygen atoms in total. The SMILES string of the molecule is CC(C)[C@H](CC(=O)CCC(=O)NC(N)=NC(=N)N(C)C)C(=O)O.S. The Morgan fingerprint density at radius 2 is 1.79 bits per heavy atom. The Balaban J connectivity index is 0. The van der Waals surface area contributed by atoms with E-state index in [4.69, 9.17) is 16.2 Å². The number of guanidine groups is 2. The van der Waals surface area contributed by atoms with E-state index >= 15 is 0 Å². The van der Waals surface area contributed by atoms with Crippen molar-refractivity contribution in [2.75, 3.05) is 14.1 Å². The highest BCUT2D eigenvalue weighted by atomic mass is 32.1. The molecule has 0 aromatic heterocycles. The predicted molar refractivity (Wildman–Crippen MR) is 96.4 cm³/mol. The van der Waals surface area contributed by atoms with Gasteiger partial charge in [0.05, 0.1) is 5.92 Å². The number of carboxylic acids is 1. The lowest BCUT2D eigenvalue weighted by Crippen LogP contribution is -2.38. The second-order valence-electron chi connectivity index (χ2n) is 5.69. The second kappa shape index (κ2) is 11.4. The van der Waals surface area contributed by atoms with Gasteiger partial charge in [0.2, 0.25) is 17.8 Å². The summed E-state index contributed by atoms with van der Waals surface area (Å²) in [6.07, 6.45) is -0.287. The third-order valence-corrected chi connectivity index (χ3v) is 3.12. The molecule has 0 aromatic rings. The van der Waals surface area contributed by atoms with Crippen LogP contribution in [0.5, 0.6) is 0 Å². The van der Waals surface area contributed by atoms with Crippen molar-refractivity contribution in [3.63, 3.8) is 0 Å². The lowest BCUT2D eigenvalue weighted by molar-refractivity contribution is -0.145. The molecule has 0 fully saturated rings. The number of ketones is 1. The van der Waals surface area contributed by atoms with Gasteiger partial charge < -0.3 is 15.7 Å². The van der Waals surface area contributed by atoms with Gasteiger partial charge in [0.1, 0.15) is 5.78 Å². The lowest BCUT2D eigenvalue weighted by Gasteiger charge is -2.15. The molecule has 0 aromatic carbocycles. The first-order valence-electron chi connectivity index (χ1n) is 7.19. The lowest BCUT2D eigenvalue weighted by atomic mass is 9.90. The number of nitrogens with one attached hydrogen (secondary N) is 2. The van der Waals surface area contributed by atoms with E-state index in [1.807, 2.05) is 0 Å². The highest BCUT2D eigenvalue weighted by Crippen LogP contribution is 2.17. The summed E-state index contributed by atoms with van der Waals surface area (Å²) in [5, 5.41) is 18.7. The van der Waals surface area contributed by atoms with E-state index in [0.717, 1.165) is 0 Å². The van der Waals surface area contributed by atoms with E-state index in [2.05, 4.69) is 10.3 Å². The Morgan fingerprint density at radius 3 is 2.21 bits per heavy atom. The van der Waals surface area contributed by atoms with Gasteiger partial charge in [-0.2, -0.15) is 18.5 Å². The number of hydrogen-bond donors (Lipinski definition) is 4. The molecule has 0 saturated heterocycles. The molecule has 0 heterocycles. The van der Waals surface area contributed by atoms with Crippen LogP contribution in [0.2, 0.25) is 0 Å². The van der Waals surface area contributed by atoms with Crippen molar-refractivity contribution in [3.8, 4) is 0 Å². The average Bonchev–Trinajstić information content (AvgIpc) is 2.41. The third-order valence-electron chi connectivity index (χ3n) is 3.12. The molecular formula is C14H27N5O4S. The van der Waals surface area contributed by atoms with Gasteiger partial charge in [-0.3, -0.25) is 25.1 Å². The number of nitrogens with zero attached hydrogens (tertiary/aromatic N) is 2. The minimum atomic E-state index is -1.02. The Bertz CT molecular complexity index is 505. The zero-order valence-corrected chi connectivity index (χ0v) is 15.4. The predicted octanol–water partition coefficient (Wildman–Crippen LogP) is 0.123. The van der Waals surface area contributed by atoms with E-state index in [1.54, 1.807) is 27.9 Å². The number of rotatable bonds is 7. The zero-order chi connectivity index (χ0) is 18.2. The molecule has 0 spiro atoms. The number of carbonyl (C=O) groups excluding carboxylic acids is 2. The quantitative estimate of drug-likeness (QED) is 0.374. The fraction of sp³-hybridized carbons (Fsp3) is 0.643. The first-order valence-corrected chi connectivity index (χ1v) is 7.19. The molecule has 0 radical (unpaired) electrons. The normalized spacial score (nSPS) is 12.1. The first-order chi connectivity index (χ1) is 10.5. The van der Waals surface area contributed by atoms with Crippen LogP contribution in [0.25, 0.3) is 0 Å². The Hall–Kier alpha value is -2.10. The van der Waals surface area contributed by atoms with Gasteiger partial charge in [0.25, 0.3) is 0 Å². The topological polar surface area (TPSA) is 149 Å². The summed E-state index contributed by atoms with van der Waals surface area (Å²) < 4.78 is 0. The van der Waals surface area contributed by atoms with Gasteiger partial charge in [-0.1, -0.05) is 13.8 Å². The number of amides is 1. The molecule has 0 aliphatic carbocycles.